The van der Waals surface area contributed by atoms with Gasteiger partial charge in [0.05, 0.1) is 6.54 Å². The minimum absolute atomic E-state index is 0.267. The van der Waals surface area contributed by atoms with Crippen LogP contribution in [0.4, 0.5) is 0 Å². The molecule has 0 saturated heterocycles. The molecule has 0 bridgehead atoms. The SMILES string of the molecule is Cc1nc(CN[C@@H]2CCCCC[C@@H]2CO)no1. The number of aliphatic hydroxyl groups excluding tert-OH is 1. The van der Waals surface area contributed by atoms with E-state index in [4.69, 9.17) is 4.52 Å². The zero-order valence-corrected chi connectivity index (χ0v) is 10.4. The molecule has 1 aliphatic carbocycles. The van der Waals surface area contributed by atoms with Gasteiger partial charge in [0.15, 0.2) is 5.82 Å². The molecule has 17 heavy (non-hydrogen) atoms. The third-order valence-corrected chi connectivity index (χ3v) is 3.49. The molecule has 0 radical (unpaired) electrons. The lowest BCUT2D eigenvalue weighted by Crippen LogP contribution is -2.37. The predicted molar refractivity (Wildman–Crippen MR) is 63.3 cm³/mol. The van der Waals surface area contributed by atoms with Crippen molar-refractivity contribution in [2.45, 2.75) is 51.6 Å². The molecule has 0 spiro atoms. The van der Waals surface area contributed by atoms with Gasteiger partial charge in [0.1, 0.15) is 0 Å². The molecule has 5 heteroatoms. The van der Waals surface area contributed by atoms with Crippen LogP contribution in [-0.4, -0.2) is 27.9 Å². The van der Waals surface area contributed by atoms with Crippen molar-refractivity contribution >= 4 is 0 Å². The second-order valence-corrected chi connectivity index (χ2v) is 4.80. The quantitative estimate of drug-likeness (QED) is 0.777. The minimum atomic E-state index is 0.267. The molecule has 0 aliphatic heterocycles. The number of aryl methyl sites for hydroxylation is 1. The van der Waals surface area contributed by atoms with E-state index < -0.39 is 0 Å². The van der Waals surface area contributed by atoms with E-state index in [0.717, 1.165) is 12.8 Å². The molecule has 2 N–H and O–H groups in total. The number of aromatic nitrogens is 2. The van der Waals surface area contributed by atoms with Gasteiger partial charge >= 0.3 is 0 Å². The van der Waals surface area contributed by atoms with Crippen molar-refractivity contribution in [2.24, 2.45) is 5.92 Å². The molecule has 96 valence electrons. The Bertz CT molecular complexity index is 340. The van der Waals surface area contributed by atoms with Crippen LogP contribution in [-0.2, 0) is 6.54 Å². The summed E-state index contributed by atoms with van der Waals surface area (Å²) in [5.41, 5.74) is 0. The van der Waals surface area contributed by atoms with Crippen molar-refractivity contribution in [2.75, 3.05) is 6.61 Å². The summed E-state index contributed by atoms with van der Waals surface area (Å²) in [7, 11) is 0. The summed E-state index contributed by atoms with van der Waals surface area (Å²) in [6.45, 7) is 2.68. The lowest BCUT2D eigenvalue weighted by atomic mass is 9.96. The van der Waals surface area contributed by atoms with Crippen LogP contribution in [0.5, 0.6) is 0 Å². The molecule has 1 aromatic rings. The Morgan fingerprint density at radius 1 is 1.35 bits per heavy atom. The molecular formula is C12H21N3O2. The molecule has 1 heterocycles. The van der Waals surface area contributed by atoms with E-state index in [9.17, 15) is 5.11 Å². The summed E-state index contributed by atoms with van der Waals surface area (Å²) in [5, 5.41) is 16.7. The van der Waals surface area contributed by atoms with E-state index in [2.05, 4.69) is 15.5 Å². The molecule has 1 aromatic heterocycles. The summed E-state index contributed by atoms with van der Waals surface area (Å²) < 4.78 is 4.93. The lowest BCUT2D eigenvalue weighted by Gasteiger charge is -2.23. The first-order valence-corrected chi connectivity index (χ1v) is 6.43. The molecule has 1 aliphatic rings. The highest BCUT2D eigenvalue weighted by Crippen LogP contribution is 2.23. The first kappa shape index (κ1) is 12.5. The van der Waals surface area contributed by atoms with Crippen LogP contribution < -0.4 is 5.32 Å². The highest BCUT2D eigenvalue weighted by atomic mass is 16.5. The summed E-state index contributed by atoms with van der Waals surface area (Å²) in [4.78, 5) is 4.17. The van der Waals surface area contributed by atoms with Crippen molar-refractivity contribution in [1.82, 2.24) is 15.5 Å². The Hall–Kier alpha value is -0.940. The molecule has 0 unspecified atom stereocenters. The van der Waals surface area contributed by atoms with Crippen LogP contribution in [0, 0.1) is 12.8 Å². The number of hydrogen-bond donors (Lipinski definition) is 2. The third-order valence-electron chi connectivity index (χ3n) is 3.49. The first-order chi connectivity index (χ1) is 8.29. The van der Waals surface area contributed by atoms with E-state index in [-0.39, 0.29) is 6.61 Å². The molecule has 0 amide bonds. The van der Waals surface area contributed by atoms with E-state index in [1.54, 1.807) is 6.92 Å². The maximum atomic E-state index is 9.40. The van der Waals surface area contributed by atoms with Crippen molar-refractivity contribution in [1.29, 1.82) is 0 Å². The summed E-state index contributed by atoms with van der Waals surface area (Å²) >= 11 is 0. The van der Waals surface area contributed by atoms with Crippen LogP contribution in [0.3, 0.4) is 0 Å². The molecule has 0 aromatic carbocycles. The molecule has 1 fully saturated rings. The lowest BCUT2D eigenvalue weighted by molar-refractivity contribution is 0.180. The van der Waals surface area contributed by atoms with Gasteiger partial charge < -0.3 is 14.9 Å². The van der Waals surface area contributed by atoms with E-state index in [1.807, 2.05) is 0 Å². The first-order valence-electron chi connectivity index (χ1n) is 6.43. The minimum Gasteiger partial charge on any atom is -0.396 e. The van der Waals surface area contributed by atoms with Gasteiger partial charge in [-0.3, -0.25) is 0 Å². The molecule has 5 nitrogen and oxygen atoms in total. The second-order valence-electron chi connectivity index (χ2n) is 4.80. The Morgan fingerprint density at radius 2 is 2.18 bits per heavy atom. The number of nitrogens with zero attached hydrogens (tertiary/aromatic N) is 2. The van der Waals surface area contributed by atoms with Gasteiger partial charge in [0.2, 0.25) is 5.89 Å². The highest BCUT2D eigenvalue weighted by Gasteiger charge is 2.22. The summed E-state index contributed by atoms with van der Waals surface area (Å²) in [6.07, 6.45) is 5.97. The number of rotatable bonds is 4. The summed E-state index contributed by atoms with van der Waals surface area (Å²) in [6, 6.07) is 0.376. The fourth-order valence-electron chi connectivity index (χ4n) is 2.51. The average molecular weight is 239 g/mol. The van der Waals surface area contributed by atoms with Crippen LogP contribution >= 0.6 is 0 Å². The van der Waals surface area contributed by atoms with Gasteiger partial charge in [-0.1, -0.05) is 24.4 Å². The molecule has 2 rings (SSSR count). The Balaban J connectivity index is 1.87. The average Bonchev–Trinajstić information content (AvgIpc) is 2.63. The van der Waals surface area contributed by atoms with E-state index in [0.29, 0.717) is 30.2 Å². The maximum Gasteiger partial charge on any atom is 0.223 e. The second kappa shape index (κ2) is 6.12. The van der Waals surface area contributed by atoms with E-state index in [1.165, 1.54) is 19.3 Å². The van der Waals surface area contributed by atoms with Gasteiger partial charge in [0.25, 0.3) is 0 Å². The molecule has 1 saturated carbocycles. The van der Waals surface area contributed by atoms with Crippen molar-refractivity contribution in [3.63, 3.8) is 0 Å². The number of aliphatic hydroxyl groups is 1. The van der Waals surface area contributed by atoms with Gasteiger partial charge in [-0.15, -0.1) is 0 Å². The van der Waals surface area contributed by atoms with Gasteiger partial charge in [-0.25, -0.2) is 0 Å². The van der Waals surface area contributed by atoms with Crippen LogP contribution in [0.15, 0.2) is 4.52 Å². The Kier molecular flexibility index (Phi) is 4.50. The van der Waals surface area contributed by atoms with Crippen LogP contribution in [0.2, 0.25) is 0 Å². The fourth-order valence-corrected chi connectivity index (χ4v) is 2.51. The molecule has 2 atom stereocenters. The zero-order chi connectivity index (χ0) is 12.1. The monoisotopic (exact) mass is 239 g/mol. The smallest absolute Gasteiger partial charge is 0.223 e. The fraction of sp³-hybridized carbons (Fsp3) is 0.833. The normalized spacial score (nSPS) is 25.8. The van der Waals surface area contributed by atoms with Crippen molar-refractivity contribution < 1.29 is 9.63 Å². The largest absolute Gasteiger partial charge is 0.396 e. The third kappa shape index (κ3) is 3.51. The van der Waals surface area contributed by atoms with Gasteiger partial charge in [-0.2, -0.15) is 4.98 Å². The Morgan fingerprint density at radius 3 is 2.88 bits per heavy atom. The maximum absolute atomic E-state index is 9.40. The van der Waals surface area contributed by atoms with Gasteiger partial charge in [0, 0.05) is 19.6 Å². The number of nitrogens with one attached hydrogen (secondary N) is 1. The molecular weight excluding hydrogens is 218 g/mol. The van der Waals surface area contributed by atoms with Crippen molar-refractivity contribution in [3.8, 4) is 0 Å². The predicted octanol–water partition coefficient (Wildman–Crippen LogP) is 1.41. The van der Waals surface area contributed by atoms with Gasteiger partial charge in [-0.05, 0) is 18.8 Å². The zero-order valence-electron chi connectivity index (χ0n) is 10.4. The summed E-state index contributed by atoms with van der Waals surface area (Å²) in [5.74, 6) is 1.66. The topological polar surface area (TPSA) is 71.2 Å². The van der Waals surface area contributed by atoms with Crippen molar-refractivity contribution in [3.05, 3.63) is 11.7 Å². The van der Waals surface area contributed by atoms with E-state index >= 15 is 0 Å². The number of hydrogen-bond acceptors (Lipinski definition) is 5. The Labute approximate surface area is 102 Å². The highest BCUT2D eigenvalue weighted by molar-refractivity contribution is 4.86. The van der Waals surface area contributed by atoms with Crippen LogP contribution in [0.1, 0.15) is 43.8 Å². The van der Waals surface area contributed by atoms with Crippen LogP contribution in [0.25, 0.3) is 0 Å². The standard InChI is InChI=1S/C12H21N3O2/c1-9-14-12(15-17-9)7-13-11-6-4-2-3-5-10(11)8-16/h10-11,13,16H,2-8H2,1H3/t10-,11-/m1/s1.